The van der Waals surface area contributed by atoms with E-state index in [2.05, 4.69) is 108 Å². The van der Waals surface area contributed by atoms with Crippen molar-refractivity contribution in [3.63, 3.8) is 0 Å². The maximum atomic E-state index is 3.85. The van der Waals surface area contributed by atoms with Gasteiger partial charge in [0.25, 0.3) is 0 Å². The summed E-state index contributed by atoms with van der Waals surface area (Å²) in [5.41, 5.74) is 3.98. The standard InChI is InChI=1S/C22H22N2/c1-24-21(18-13-7-3-8-14-18)20(17-11-5-2-6-12-17)23-22(24)19-15-9-4-10-16-19/h2-16,20-23H,1H3/t20-,21-,22+/m1/s1. The average Bonchev–Trinajstić information content (AvgIpc) is 3.01. The maximum Gasteiger partial charge on any atom is 0.0869 e. The van der Waals surface area contributed by atoms with Gasteiger partial charge in [-0.05, 0) is 23.7 Å². The van der Waals surface area contributed by atoms with Crippen LogP contribution < -0.4 is 5.32 Å². The maximum absolute atomic E-state index is 3.85. The first-order chi connectivity index (χ1) is 11.8. The fraction of sp³-hybridized carbons (Fsp3) is 0.182. The first kappa shape index (κ1) is 15.1. The van der Waals surface area contributed by atoms with Crippen molar-refractivity contribution in [2.45, 2.75) is 18.2 Å². The second-order valence-electron chi connectivity index (χ2n) is 6.39. The third kappa shape index (κ3) is 2.75. The van der Waals surface area contributed by atoms with E-state index in [1.807, 2.05) is 0 Å². The number of benzene rings is 3. The van der Waals surface area contributed by atoms with Crippen molar-refractivity contribution in [2.75, 3.05) is 7.05 Å². The van der Waals surface area contributed by atoms with Gasteiger partial charge in [0.15, 0.2) is 0 Å². The quantitative estimate of drug-likeness (QED) is 0.753. The van der Waals surface area contributed by atoms with Crippen molar-refractivity contribution < 1.29 is 0 Å². The Kier molecular flexibility index (Phi) is 4.16. The summed E-state index contributed by atoms with van der Waals surface area (Å²) in [6.07, 6.45) is 0.210. The fourth-order valence-electron chi connectivity index (χ4n) is 3.76. The third-order valence-corrected chi connectivity index (χ3v) is 4.91. The summed E-state index contributed by atoms with van der Waals surface area (Å²) in [6.45, 7) is 0. The lowest BCUT2D eigenvalue weighted by Gasteiger charge is -2.27. The van der Waals surface area contributed by atoms with Gasteiger partial charge in [-0.15, -0.1) is 0 Å². The minimum atomic E-state index is 0.210. The number of hydrogen-bond donors (Lipinski definition) is 1. The second-order valence-corrected chi connectivity index (χ2v) is 6.39. The highest BCUT2D eigenvalue weighted by Crippen LogP contribution is 2.44. The van der Waals surface area contributed by atoms with E-state index >= 15 is 0 Å². The Bertz CT molecular complexity index is 771. The van der Waals surface area contributed by atoms with Gasteiger partial charge in [-0.1, -0.05) is 91.0 Å². The Hall–Kier alpha value is -2.42. The summed E-state index contributed by atoms with van der Waals surface area (Å²) in [7, 11) is 2.21. The van der Waals surface area contributed by atoms with Crippen LogP contribution in [0.2, 0.25) is 0 Å². The number of nitrogens with zero attached hydrogens (tertiary/aromatic N) is 1. The summed E-state index contributed by atoms with van der Waals surface area (Å²) in [5.74, 6) is 0. The fourth-order valence-corrected chi connectivity index (χ4v) is 3.76. The van der Waals surface area contributed by atoms with Crippen LogP contribution >= 0.6 is 0 Å². The molecule has 0 aromatic heterocycles. The molecule has 0 amide bonds. The summed E-state index contributed by atoms with van der Waals surface area (Å²) in [4.78, 5) is 2.45. The van der Waals surface area contributed by atoms with Crippen LogP contribution in [0.15, 0.2) is 91.0 Å². The molecule has 1 fully saturated rings. The molecule has 24 heavy (non-hydrogen) atoms. The molecular formula is C22H22N2. The van der Waals surface area contributed by atoms with Gasteiger partial charge < -0.3 is 0 Å². The van der Waals surface area contributed by atoms with Crippen molar-refractivity contribution >= 4 is 0 Å². The van der Waals surface area contributed by atoms with Gasteiger partial charge in [-0.2, -0.15) is 0 Å². The highest BCUT2D eigenvalue weighted by Gasteiger charge is 2.40. The SMILES string of the molecule is CN1[C@@H](c2ccccc2)N[C@H](c2ccccc2)[C@H]1c1ccccc1. The molecule has 3 aromatic carbocycles. The van der Waals surface area contributed by atoms with Crippen LogP contribution in [0.5, 0.6) is 0 Å². The van der Waals surface area contributed by atoms with E-state index in [4.69, 9.17) is 0 Å². The molecule has 0 aliphatic carbocycles. The van der Waals surface area contributed by atoms with E-state index in [-0.39, 0.29) is 12.2 Å². The van der Waals surface area contributed by atoms with E-state index in [1.165, 1.54) is 16.7 Å². The topological polar surface area (TPSA) is 15.3 Å². The van der Waals surface area contributed by atoms with E-state index in [1.54, 1.807) is 0 Å². The third-order valence-electron chi connectivity index (χ3n) is 4.91. The molecule has 1 aliphatic heterocycles. The van der Waals surface area contributed by atoms with Gasteiger partial charge in [-0.25, -0.2) is 0 Å². The molecular weight excluding hydrogens is 292 g/mol. The first-order valence-corrected chi connectivity index (χ1v) is 8.47. The molecule has 1 heterocycles. The molecule has 4 rings (SSSR count). The molecule has 0 spiro atoms. The van der Waals surface area contributed by atoms with Gasteiger partial charge in [-0.3, -0.25) is 10.2 Å². The van der Waals surface area contributed by atoms with Crippen molar-refractivity contribution in [1.82, 2.24) is 10.2 Å². The Morgan fingerprint density at radius 2 is 1.08 bits per heavy atom. The van der Waals surface area contributed by atoms with E-state index in [9.17, 15) is 0 Å². The van der Waals surface area contributed by atoms with Crippen LogP contribution in [-0.2, 0) is 0 Å². The Labute approximate surface area is 143 Å². The van der Waals surface area contributed by atoms with Crippen LogP contribution in [0.25, 0.3) is 0 Å². The molecule has 3 atom stereocenters. The zero-order valence-corrected chi connectivity index (χ0v) is 13.8. The normalized spacial score (nSPS) is 24.1. The minimum absolute atomic E-state index is 0.210. The largest absolute Gasteiger partial charge is 0.289 e. The summed E-state index contributed by atoms with van der Waals surface area (Å²) in [5, 5.41) is 3.85. The van der Waals surface area contributed by atoms with Gasteiger partial charge >= 0.3 is 0 Å². The van der Waals surface area contributed by atoms with Crippen LogP contribution in [0, 0.1) is 0 Å². The van der Waals surface area contributed by atoms with E-state index < -0.39 is 0 Å². The van der Waals surface area contributed by atoms with Crippen molar-refractivity contribution in [1.29, 1.82) is 0 Å². The molecule has 1 aliphatic rings. The Morgan fingerprint density at radius 1 is 0.625 bits per heavy atom. The predicted molar refractivity (Wildman–Crippen MR) is 98.4 cm³/mol. The molecule has 0 unspecified atom stereocenters. The smallest absolute Gasteiger partial charge is 0.0869 e. The Morgan fingerprint density at radius 3 is 1.62 bits per heavy atom. The minimum Gasteiger partial charge on any atom is -0.289 e. The molecule has 3 aromatic rings. The van der Waals surface area contributed by atoms with Crippen molar-refractivity contribution in [3.05, 3.63) is 108 Å². The monoisotopic (exact) mass is 314 g/mol. The highest BCUT2D eigenvalue weighted by molar-refractivity contribution is 5.32. The first-order valence-electron chi connectivity index (χ1n) is 8.47. The van der Waals surface area contributed by atoms with E-state index in [0.29, 0.717) is 6.04 Å². The van der Waals surface area contributed by atoms with Crippen LogP contribution in [0.4, 0.5) is 0 Å². The van der Waals surface area contributed by atoms with Gasteiger partial charge in [0.2, 0.25) is 0 Å². The molecule has 0 saturated carbocycles. The highest BCUT2D eigenvalue weighted by atomic mass is 15.4. The number of rotatable bonds is 3. The van der Waals surface area contributed by atoms with Crippen LogP contribution in [0.1, 0.15) is 34.9 Å². The summed E-state index contributed by atoms with van der Waals surface area (Å²) in [6, 6.07) is 32.8. The zero-order chi connectivity index (χ0) is 16.4. The van der Waals surface area contributed by atoms with Crippen molar-refractivity contribution in [2.24, 2.45) is 0 Å². The number of nitrogens with one attached hydrogen (secondary N) is 1. The predicted octanol–water partition coefficient (Wildman–Crippen LogP) is 4.70. The van der Waals surface area contributed by atoms with Crippen LogP contribution in [0.3, 0.4) is 0 Å². The van der Waals surface area contributed by atoms with Crippen molar-refractivity contribution in [3.8, 4) is 0 Å². The summed E-state index contributed by atoms with van der Waals surface area (Å²) < 4.78 is 0. The molecule has 0 radical (unpaired) electrons. The summed E-state index contributed by atoms with van der Waals surface area (Å²) >= 11 is 0. The van der Waals surface area contributed by atoms with Gasteiger partial charge in [0.1, 0.15) is 0 Å². The van der Waals surface area contributed by atoms with Gasteiger partial charge in [0, 0.05) is 0 Å². The molecule has 1 N–H and O–H groups in total. The van der Waals surface area contributed by atoms with Crippen LogP contribution in [-0.4, -0.2) is 11.9 Å². The van der Waals surface area contributed by atoms with Gasteiger partial charge in [0.05, 0.1) is 18.2 Å². The zero-order valence-electron chi connectivity index (χ0n) is 13.8. The average molecular weight is 314 g/mol. The number of hydrogen-bond acceptors (Lipinski definition) is 2. The molecule has 120 valence electrons. The lowest BCUT2D eigenvalue weighted by molar-refractivity contribution is 0.235. The Balaban J connectivity index is 1.76. The number of likely N-dealkylation sites (N-methyl/N-ethyl adjacent to an activating group) is 1. The molecule has 1 saturated heterocycles. The second kappa shape index (κ2) is 6.60. The molecule has 2 heteroatoms. The van der Waals surface area contributed by atoms with E-state index in [0.717, 1.165) is 0 Å². The lowest BCUT2D eigenvalue weighted by atomic mass is 9.94. The molecule has 2 nitrogen and oxygen atoms in total. The molecule has 0 bridgehead atoms. The lowest BCUT2D eigenvalue weighted by Crippen LogP contribution is -2.25.